The monoisotopic (exact) mass is 454 g/mol. The van der Waals surface area contributed by atoms with Crippen molar-refractivity contribution < 1.29 is 24.1 Å². The maximum Gasteiger partial charge on any atom is 0.203 e. The fraction of sp³-hybridized carbons (Fsp3) is 0.167. The minimum atomic E-state index is 0.0101. The van der Waals surface area contributed by atoms with Gasteiger partial charge in [0.25, 0.3) is 0 Å². The van der Waals surface area contributed by atoms with Gasteiger partial charge in [-0.15, -0.1) is 0 Å². The summed E-state index contributed by atoms with van der Waals surface area (Å²) >= 11 is 1.34. The largest absolute Gasteiger partial charge is 0.503 e. The highest BCUT2D eigenvalue weighted by Gasteiger charge is 2.14. The Kier molecular flexibility index (Phi) is 7.62. The average Bonchev–Trinajstić information content (AvgIpc) is 2.81. The van der Waals surface area contributed by atoms with Crippen LogP contribution in [0.5, 0.6) is 28.7 Å². The zero-order valence-corrected chi connectivity index (χ0v) is 19.2. The summed E-state index contributed by atoms with van der Waals surface area (Å²) in [5.74, 6) is 2.01. The van der Waals surface area contributed by atoms with Crippen LogP contribution in [0.2, 0.25) is 0 Å². The molecule has 0 atom stereocenters. The van der Waals surface area contributed by atoms with Crippen LogP contribution < -0.4 is 29.4 Å². The number of nitrogen functional groups attached to an aromatic ring is 1. The lowest BCUT2D eigenvalue weighted by molar-refractivity contribution is 0.324. The van der Waals surface area contributed by atoms with E-state index < -0.39 is 0 Å². The van der Waals surface area contributed by atoms with E-state index in [4.69, 9.17) is 24.7 Å². The molecule has 0 aromatic heterocycles. The highest BCUT2D eigenvalue weighted by Crippen LogP contribution is 2.41. The summed E-state index contributed by atoms with van der Waals surface area (Å²) in [6.07, 6.45) is 3.77. The van der Waals surface area contributed by atoms with Crippen molar-refractivity contribution in [2.45, 2.75) is 4.90 Å². The first-order chi connectivity index (χ1) is 15.5. The van der Waals surface area contributed by atoms with Crippen molar-refractivity contribution >= 4 is 35.5 Å². The molecule has 3 rings (SSSR count). The fourth-order valence-corrected chi connectivity index (χ4v) is 3.85. The van der Waals surface area contributed by atoms with Crippen LogP contribution in [0.4, 0.5) is 11.4 Å². The number of anilines is 2. The predicted molar refractivity (Wildman–Crippen MR) is 130 cm³/mol. The van der Waals surface area contributed by atoms with Crippen molar-refractivity contribution in [2.75, 3.05) is 38.9 Å². The van der Waals surface area contributed by atoms with E-state index in [2.05, 4.69) is 4.72 Å². The Bertz CT molecular complexity index is 1090. The van der Waals surface area contributed by atoms with Gasteiger partial charge < -0.3 is 34.5 Å². The molecule has 0 radical (unpaired) electrons. The molecule has 3 aromatic rings. The SMILES string of the molecule is COc1ccc(/C=C\c2cc(OC)c(OC)c(OC)c2)c(NSc2cccc(N)c2)c1O. The minimum Gasteiger partial charge on any atom is -0.503 e. The molecule has 0 aliphatic heterocycles. The summed E-state index contributed by atoms with van der Waals surface area (Å²) in [4.78, 5) is 0.909. The number of phenols is 1. The Morgan fingerprint density at radius 1 is 0.844 bits per heavy atom. The van der Waals surface area contributed by atoms with E-state index in [1.807, 2.05) is 54.6 Å². The summed E-state index contributed by atoms with van der Waals surface area (Å²) in [6.45, 7) is 0. The van der Waals surface area contributed by atoms with Crippen molar-refractivity contribution in [3.63, 3.8) is 0 Å². The quantitative estimate of drug-likeness (QED) is 0.174. The number of benzene rings is 3. The van der Waals surface area contributed by atoms with Crippen LogP contribution in [0, 0.1) is 0 Å². The second-order valence-corrected chi connectivity index (χ2v) is 7.53. The average molecular weight is 455 g/mol. The third-order valence-corrected chi connectivity index (χ3v) is 5.46. The molecule has 0 aliphatic carbocycles. The molecule has 8 heteroatoms. The van der Waals surface area contributed by atoms with E-state index in [1.165, 1.54) is 19.1 Å². The first kappa shape index (κ1) is 23.0. The van der Waals surface area contributed by atoms with Gasteiger partial charge in [-0.3, -0.25) is 0 Å². The summed E-state index contributed by atoms with van der Waals surface area (Å²) in [7, 11) is 6.21. The molecule has 3 aromatic carbocycles. The third kappa shape index (κ3) is 5.15. The van der Waals surface area contributed by atoms with Gasteiger partial charge in [0.05, 0.1) is 34.1 Å². The van der Waals surface area contributed by atoms with E-state index in [9.17, 15) is 5.11 Å². The van der Waals surface area contributed by atoms with Crippen LogP contribution >= 0.6 is 11.9 Å². The van der Waals surface area contributed by atoms with E-state index in [0.29, 0.717) is 34.4 Å². The Balaban J connectivity index is 1.95. The van der Waals surface area contributed by atoms with Crippen molar-refractivity contribution in [1.29, 1.82) is 0 Å². The molecule has 168 valence electrons. The Morgan fingerprint density at radius 2 is 1.53 bits per heavy atom. The second kappa shape index (κ2) is 10.6. The number of nitrogens with two attached hydrogens (primary N) is 1. The van der Waals surface area contributed by atoms with Crippen LogP contribution in [-0.4, -0.2) is 33.5 Å². The number of nitrogens with one attached hydrogen (secondary N) is 1. The predicted octanol–water partition coefficient (Wildman–Crippen LogP) is 5.30. The molecule has 0 aliphatic rings. The van der Waals surface area contributed by atoms with E-state index in [-0.39, 0.29) is 5.75 Å². The van der Waals surface area contributed by atoms with Crippen molar-refractivity contribution in [3.05, 3.63) is 59.7 Å². The standard InChI is InChI=1S/C24H26N2O5S/c1-28-19-11-10-16(22(23(19)27)26-32-18-7-5-6-17(25)14-18)9-8-15-12-20(29-2)24(31-4)21(13-15)30-3/h5-14,26-27H,25H2,1-4H3/b9-8-. The van der Waals surface area contributed by atoms with Crippen LogP contribution in [0.3, 0.4) is 0 Å². The Labute approximate surface area is 191 Å². The van der Waals surface area contributed by atoms with Gasteiger partial charge in [-0.05, 0) is 60.0 Å². The molecule has 0 saturated carbocycles. The van der Waals surface area contributed by atoms with Gasteiger partial charge in [-0.2, -0.15) is 0 Å². The first-order valence-corrected chi connectivity index (χ1v) is 10.5. The molecule has 0 amide bonds. The maximum atomic E-state index is 10.7. The van der Waals surface area contributed by atoms with E-state index in [0.717, 1.165) is 16.0 Å². The van der Waals surface area contributed by atoms with Gasteiger partial charge >= 0.3 is 0 Å². The third-order valence-electron chi connectivity index (χ3n) is 4.66. The van der Waals surface area contributed by atoms with Gasteiger partial charge in [-0.25, -0.2) is 0 Å². The number of rotatable bonds is 9. The van der Waals surface area contributed by atoms with Crippen LogP contribution in [0.1, 0.15) is 11.1 Å². The molecular formula is C24H26N2O5S. The Morgan fingerprint density at radius 3 is 2.12 bits per heavy atom. The second-order valence-electron chi connectivity index (χ2n) is 6.65. The highest BCUT2D eigenvalue weighted by atomic mass is 32.2. The zero-order chi connectivity index (χ0) is 23.1. The molecular weight excluding hydrogens is 428 g/mol. The zero-order valence-electron chi connectivity index (χ0n) is 18.3. The highest BCUT2D eigenvalue weighted by molar-refractivity contribution is 8.00. The molecule has 0 unspecified atom stereocenters. The fourth-order valence-electron chi connectivity index (χ4n) is 3.07. The van der Waals surface area contributed by atoms with E-state index >= 15 is 0 Å². The molecule has 4 N–H and O–H groups in total. The van der Waals surface area contributed by atoms with Gasteiger partial charge in [0.15, 0.2) is 23.0 Å². The summed E-state index contributed by atoms with van der Waals surface area (Å²) < 4.78 is 24.7. The number of aromatic hydroxyl groups is 1. The topological polar surface area (TPSA) is 95.2 Å². The number of phenolic OH excluding ortho intramolecular Hbond substituents is 1. The minimum absolute atomic E-state index is 0.0101. The smallest absolute Gasteiger partial charge is 0.203 e. The molecule has 0 bridgehead atoms. The number of hydrogen-bond donors (Lipinski definition) is 3. The van der Waals surface area contributed by atoms with Gasteiger partial charge in [0.1, 0.15) is 0 Å². The molecule has 32 heavy (non-hydrogen) atoms. The lowest BCUT2D eigenvalue weighted by Crippen LogP contribution is -1.96. The molecule has 0 heterocycles. The van der Waals surface area contributed by atoms with E-state index in [1.54, 1.807) is 27.4 Å². The van der Waals surface area contributed by atoms with Crippen LogP contribution in [-0.2, 0) is 0 Å². The molecule has 0 fully saturated rings. The van der Waals surface area contributed by atoms with Crippen molar-refractivity contribution in [3.8, 4) is 28.7 Å². The lowest BCUT2D eigenvalue weighted by atomic mass is 10.1. The normalized spacial score (nSPS) is 10.8. The molecule has 0 spiro atoms. The number of methoxy groups -OCH3 is 4. The summed E-state index contributed by atoms with van der Waals surface area (Å²) in [5.41, 5.74) is 8.63. The number of hydrogen-bond acceptors (Lipinski definition) is 8. The maximum absolute atomic E-state index is 10.7. The van der Waals surface area contributed by atoms with Gasteiger partial charge in [0, 0.05) is 16.1 Å². The molecule has 0 saturated heterocycles. The van der Waals surface area contributed by atoms with Crippen molar-refractivity contribution in [1.82, 2.24) is 0 Å². The van der Waals surface area contributed by atoms with Crippen LogP contribution in [0.15, 0.2) is 53.4 Å². The lowest BCUT2D eigenvalue weighted by Gasteiger charge is -2.14. The van der Waals surface area contributed by atoms with Crippen LogP contribution in [0.25, 0.3) is 12.2 Å². The summed E-state index contributed by atoms with van der Waals surface area (Å²) in [5, 5.41) is 10.7. The Hall–Kier alpha value is -3.65. The summed E-state index contributed by atoms with van der Waals surface area (Å²) in [6, 6.07) is 14.7. The molecule has 7 nitrogen and oxygen atoms in total. The number of ether oxygens (including phenoxy) is 4. The van der Waals surface area contributed by atoms with Crippen molar-refractivity contribution in [2.24, 2.45) is 0 Å². The van der Waals surface area contributed by atoms with Gasteiger partial charge in [0.2, 0.25) is 5.75 Å². The van der Waals surface area contributed by atoms with Gasteiger partial charge in [-0.1, -0.05) is 18.2 Å². The first-order valence-electron chi connectivity index (χ1n) is 9.67.